The summed E-state index contributed by atoms with van der Waals surface area (Å²) in [4.78, 5) is 0. The van der Waals surface area contributed by atoms with Crippen LogP contribution in [0.3, 0.4) is 0 Å². The zero-order chi connectivity index (χ0) is 8.86. The molecular formula is C10H21BO. The van der Waals surface area contributed by atoms with E-state index in [0.717, 1.165) is 6.61 Å². The number of ether oxygens (including phenoxy) is 1. The van der Waals surface area contributed by atoms with E-state index in [9.17, 15) is 0 Å². The fourth-order valence-corrected chi connectivity index (χ4v) is 1.91. The monoisotopic (exact) mass is 168 g/mol. The van der Waals surface area contributed by atoms with Gasteiger partial charge in [-0.05, 0) is 26.2 Å². The Morgan fingerprint density at radius 2 is 1.92 bits per heavy atom. The van der Waals surface area contributed by atoms with Crippen LogP contribution in [0.1, 0.15) is 45.4 Å². The number of hydrogen-bond acceptors (Lipinski definition) is 1. The van der Waals surface area contributed by atoms with E-state index in [-0.39, 0.29) is 5.60 Å². The molecule has 2 heteroatoms. The molecule has 0 saturated heterocycles. The highest BCUT2D eigenvalue weighted by atomic mass is 16.5. The van der Waals surface area contributed by atoms with Crippen LogP contribution in [-0.2, 0) is 4.74 Å². The Balaban J connectivity index is 2.17. The highest BCUT2D eigenvalue weighted by Gasteiger charge is 2.26. The van der Waals surface area contributed by atoms with E-state index in [1.807, 2.05) is 0 Å². The van der Waals surface area contributed by atoms with E-state index in [4.69, 9.17) is 4.74 Å². The Hall–Kier alpha value is 0.0249. The average molecular weight is 168 g/mol. The smallest absolute Gasteiger partial charge is 0.101 e. The summed E-state index contributed by atoms with van der Waals surface area (Å²) in [5.41, 5.74) is 0.230. The highest BCUT2D eigenvalue weighted by Crippen LogP contribution is 2.30. The summed E-state index contributed by atoms with van der Waals surface area (Å²) in [6, 6.07) is 0. The molecule has 1 aliphatic carbocycles. The van der Waals surface area contributed by atoms with Crippen molar-refractivity contribution in [1.82, 2.24) is 0 Å². The van der Waals surface area contributed by atoms with Gasteiger partial charge in [-0.15, -0.1) is 0 Å². The predicted octanol–water partition coefficient (Wildman–Crippen LogP) is 2.17. The van der Waals surface area contributed by atoms with Crippen molar-refractivity contribution < 1.29 is 4.74 Å². The summed E-state index contributed by atoms with van der Waals surface area (Å²) in [6.45, 7) is 3.24. The number of hydrogen-bond donors (Lipinski definition) is 0. The average Bonchev–Trinajstić information content (AvgIpc) is 2.06. The van der Waals surface area contributed by atoms with E-state index >= 15 is 0 Å². The van der Waals surface area contributed by atoms with E-state index < -0.39 is 0 Å². The molecule has 0 N–H and O–H groups in total. The molecule has 0 unspecified atom stereocenters. The summed E-state index contributed by atoms with van der Waals surface area (Å²) < 4.78 is 5.91. The van der Waals surface area contributed by atoms with Gasteiger partial charge in [0.2, 0.25) is 0 Å². The maximum absolute atomic E-state index is 5.91. The van der Waals surface area contributed by atoms with Crippen LogP contribution < -0.4 is 0 Å². The molecule has 0 aromatic carbocycles. The van der Waals surface area contributed by atoms with Crippen LogP contribution >= 0.6 is 0 Å². The first-order valence-electron chi connectivity index (χ1n) is 5.41. The zero-order valence-corrected chi connectivity index (χ0v) is 8.57. The van der Waals surface area contributed by atoms with E-state index in [1.54, 1.807) is 0 Å². The minimum Gasteiger partial charge on any atom is -0.375 e. The van der Waals surface area contributed by atoms with Crippen molar-refractivity contribution in [2.24, 2.45) is 0 Å². The largest absolute Gasteiger partial charge is 0.375 e. The Morgan fingerprint density at radius 3 is 2.50 bits per heavy atom. The maximum atomic E-state index is 5.91. The van der Waals surface area contributed by atoms with Gasteiger partial charge in [-0.1, -0.05) is 25.6 Å². The van der Waals surface area contributed by atoms with Gasteiger partial charge in [0.1, 0.15) is 7.85 Å². The minimum atomic E-state index is 0.230. The Kier molecular flexibility index (Phi) is 4.13. The number of rotatable bonds is 4. The van der Waals surface area contributed by atoms with E-state index in [0.29, 0.717) is 0 Å². The molecule has 0 aromatic rings. The van der Waals surface area contributed by atoms with Gasteiger partial charge in [-0.3, -0.25) is 0 Å². The fourth-order valence-electron chi connectivity index (χ4n) is 1.91. The minimum absolute atomic E-state index is 0.230. The van der Waals surface area contributed by atoms with Crippen molar-refractivity contribution in [3.8, 4) is 0 Å². The van der Waals surface area contributed by atoms with Crippen LogP contribution in [-0.4, -0.2) is 20.1 Å². The third-order valence-corrected chi connectivity index (χ3v) is 2.86. The molecule has 0 heterocycles. The van der Waals surface area contributed by atoms with Crippen LogP contribution in [0.25, 0.3) is 0 Å². The lowest BCUT2D eigenvalue weighted by atomic mass is 9.86. The standard InChI is InChI=1S/C10H21BO/c1-10(12-9-5-8-11)6-3-2-4-7-10/h2-9,11H2,1H3. The first-order chi connectivity index (χ1) is 5.77. The first kappa shape index (κ1) is 10.1. The maximum Gasteiger partial charge on any atom is 0.101 e. The van der Waals surface area contributed by atoms with Crippen molar-refractivity contribution in [3.63, 3.8) is 0 Å². The van der Waals surface area contributed by atoms with Gasteiger partial charge in [0, 0.05) is 6.61 Å². The van der Waals surface area contributed by atoms with Gasteiger partial charge >= 0.3 is 0 Å². The summed E-state index contributed by atoms with van der Waals surface area (Å²) in [6.07, 6.45) is 9.15. The summed E-state index contributed by atoms with van der Waals surface area (Å²) >= 11 is 0. The summed E-state index contributed by atoms with van der Waals surface area (Å²) in [5.74, 6) is 0. The summed E-state index contributed by atoms with van der Waals surface area (Å²) in [5, 5.41) is 0. The molecule has 70 valence electrons. The van der Waals surface area contributed by atoms with Crippen molar-refractivity contribution in [3.05, 3.63) is 0 Å². The Labute approximate surface area is 77.3 Å². The topological polar surface area (TPSA) is 9.23 Å². The second-order valence-electron chi connectivity index (χ2n) is 4.21. The van der Waals surface area contributed by atoms with Crippen molar-refractivity contribution in [2.45, 2.75) is 57.4 Å². The molecular weight excluding hydrogens is 147 g/mol. The molecule has 0 bridgehead atoms. The molecule has 1 fully saturated rings. The van der Waals surface area contributed by atoms with Crippen LogP contribution in [0.15, 0.2) is 0 Å². The summed E-state index contributed by atoms with van der Waals surface area (Å²) in [7, 11) is 2.21. The van der Waals surface area contributed by atoms with Crippen LogP contribution in [0.2, 0.25) is 6.32 Å². The lowest BCUT2D eigenvalue weighted by Crippen LogP contribution is -2.31. The fraction of sp³-hybridized carbons (Fsp3) is 1.00. The molecule has 0 aromatic heterocycles. The van der Waals surface area contributed by atoms with Gasteiger partial charge in [-0.25, -0.2) is 0 Å². The van der Waals surface area contributed by atoms with Gasteiger partial charge in [0.05, 0.1) is 5.60 Å². The third-order valence-electron chi connectivity index (χ3n) is 2.86. The molecule has 0 amide bonds. The van der Waals surface area contributed by atoms with Crippen LogP contribution in [0.5, 0.6) is 0 Å². The SMILES string of the molecule is BCCCOC1(C)CCCCC1. The van der Waals surface area contributed by atoms with Crippen molar-refractivity contribution in [2.75, 3.05) is 6.61 Å². The molecule has 1 nitrogen and oxygen atoms in total. The molecule has 1 aliphatic rings. The van der Waals surface area contributed by atoms with Crippen LogP contribution in [0, 0.1) is 0 Å². The first-order valence-corrected chi connectivity index (χ1v) is 5.41. The van der Waals surface area contributed by atoms with Gasteiger partial charge in [-0.2, -0.15) is 0 Å². The molecule has 0 atom stereocenters. The Bertz CT molecular complexity index is 119. The van der Waals surface area contributed by atoms with E-state index in [1.165, 1.54) is 44.8 Å². The Morgan fingerprint density at radius 1 is 1.25 bits per heavy atom. The molecule has 12 heavy (non-hydrogen) atoms. The molecule has 0 radical (unpaired) electrons. The predicted molar refractivity (Wildman–Crippen MR) is 55.4 cm³/mol. The van der Waals surface area contributed by atoms with Gasteiger partial charge in [0.15, 0.2) is 0 Å². The lowest BCUT2D eigenvalue weighted by Gasteiger charge is -2.33. The third kappa shape index (κ3) is 3.18. The molecule has 1 saturated carbocycles. The van der Waals surface area contributed by atoms with Gasteiger partial charge in [0.25, 0.3) is 0 Å². The highest BCUT2D eigenvalue weighted by molar-refractivity contribution is 6.08. The second-order valence-corrected chi connectivity index (χ2v) is 4.21. The van der Waals surface area contributed by atoms with Crippen molar-refractivity contribution >= 4 is 7.85 Å². The zero-order valence-electron chi connectivity index (χ0n) is 8.57. The lowest BCUT2D eigenvalue weighted by molar-refractivity contribution is -0.0557. The van der Waals surface area contributed by atoms with Crippen molar-refractivity contribution in [1.29, 1.82) is 0 Å². The molecule has 0 aliphatic heterocycles. The quantitative estimate of drug-likeness (QED) is 0.461. The normalized spacial score (nSPS) is 22.4. The molecule has 1 rings (SSSR count). The second kappa shape index (κ2) is 4.91. The van der Waals surface area contributed by atoms with E-state index in [2.05, 4.69) is 14.8 Å². The molecule has 0 spiro atoms. The van der Waals surface area contributed by atoms with Gasteiger partial charge < -0.3 is 4.74 Å². The van der Waals surface area contributed by atoms with Crippen LogP contribution in [0.4, 0.5) is 0 Å².